The summed E-state index contributed by atoms with van der Waals surface area (Å²) in [5, 5.41) is 3.99. The molecule has 2 aromatic rings. The maximum Gasteiger partial charge on any atom is 0.243 e. The molecule has 3 rings (SSSR count). The van der Waals surface area contributed by atoms with Crippen LogP contribution in [-0.2, 0) is 6.42 Å². The van der Waals surface area contributed by atoms with E-state index in [1.54, 1.807) is 0 Å². The van der Waals surface area contributed by atoms with Gasteiger partial charge in [0.05, 0.1) is 6.04 Å². The molecule has 4 nitrogen and oxygen atoms in total. The van der Waals surface area contributed by atoms with Crippen LogP contribution in [0.15, 0.2) is 34.9 Å². The van der Waals surface area contributed by atoms with Crippen LogP contribution < -0.4 is 0 Å². The van der Waals surface area contributed by atoms with E-state index in [1.807, 2.05) is 6.92 Å². The molecule has 1 aromatic heterocycles. The highest BCUT2D eigenvalue weighted by Gasteiger charge is 2.30. The SMILES string of the molecule is CCc1noc([C@H](C)N2CC[C@H](c3ccccc3)C2)n1. The lowest BCUT2D eigenvalue weighted by atomic mass is 9.99. The Bertz CT molecular complexity index is 552. The van der Waals surface area contributed by atoms with Gasteiger partial charge in [-0.2, -0.15) is 4.98 Å². The normalized spacial score (nSPS) is 21.2. The molecule has 0 spiro atoms. The Hall–Kier alpha value is -1.68. The molecule has 4 heteroatoms. The van der Waals surface area contributed by atoms with E-state index in [9.17, 15) is 0 Å². The topological polar surface area (TPSA) is 42.2 Å². The van der Waals surface area contributed by atoms with Gasteiger partial charge in [0, 0.05) is 13.0 Å². The fourth-order valence-electron chi connectivity index (χ4n) is 2.87. The first-order valence-electron chi connectivity index (χ1n) is 7.39. The molecule has 0 saturated carbocycles. The molecule has 0 bridgehead atoms. The monoisotopic (exact) mass is 271 g/mol. The molecule has 2 atom stereocenters. The predicted molar refractivity (Wildman–Crippen MR) is 77.5 cm³/mol. The number of likely N-dealkylation sites (tertiary alicyclic amines) is 1. The van der Waals surface area contributed by atoms with Crippen molar-refractivity contribution in [2.75, 3.05) is 13.1 Å². The molecule has 0 radical (unpaired) electrons. The lowest BCUT2D eigenvalue weighted by molar-refractivity contribution is 0.207. The van der Waals surface area contributed by atoms with Gasteiger partial charge in [-0.1, -0.05) is 42.4 Å². The summed E-state index contributed by atoms with van der Waals surface area (Å²) in [6, 6.07) is 11.0. The highest BCUT2D eigenvalue weighted by Crippen LogP contribution is 2.32. The van der Waals surface area contributed by atoms with Crippen LogP contribution in [0.2, 0.25) is 0 Å². The maximum atomic E-state index is 5.37. The number of rotatable bonds is 4. The molecule has 1 saturated heterocycles. The van der Waals surface area contributed by atoms with Crippen molar-refractivity contribution in [1.82, 2.24) is 15.0 Å². The summed E-state index contributed by atoms with van der Waals surface area (Å²) in [4.78, 5) is 6.89. The molecular formula is C16H21N3O. The van der Waals surface area contributed by atoms with Crippen LogP contribution in [0.4, 0.5) is 0 Å². The molecule has 0 unspecified atom stereocenters. The Balaban J connectivity index is 1.67. The fourth-order valence-corrected chi connectivity index (χ4v) is 2.87. The largest absolute Gasteiger partial charge is 0.338 e. The Morgan fingerprint density at radius 2 is 2.15 bits per heavy atom. The van der Waals surface area contributed by atoms with E-state index in [-0.39, 0.29) is 6.04 Å². The third kappa shape index (κ3) is 2.61. The van der Waals surface area contributed by atoms with Crippen molar-refractivity contribution in [2.24, 2.45) is 0 Å². The molecule has 1 aliphatic rings. The number of hydrogen-bond donors (Lipinski definition) is 0. The molecule has 0 N–H and O–H groups in total. The van der Waals surface area contributed by atoms with Crippen molar-refractivity contribution in [3.05, 3.63) is 47.6 Å². The zero-order valence-corrected chi connectivity index (χ0v) is 12.1. The lowest BCUT2D eigenvalue weighted by Gasteiger charge is -2.21. The molecule has 0 aliphatic carbocycles. The van der Waals surface area contributed by atoms with Gasteiger partial charge in [-0.3, -0.25) is 4.90 Å². The zero-order chi connectivity index (χ0) is 13.9. The third-order valence-corrected chi connectivity index (χ3v) is 4.20. The Kier molecular flexibility index (Phi) is 3.83. The van der Waals surface area contributed by atoms with Crippen molar-refractivity contribution in [3.63, 3.8) is 0 Å². The molecule has 20 heavy (non-hydrogen) atoms. The standard InChI is InChI=1S/C16H21N3O/c1-3-15-17-16(20-18-15)12(2)19-10-9-14(11-19)13-7-5-4-6-8-13/h4-8,12,14H,3,9-11H2,1-2H3/t12-,14-/m0/s1. The van der Waals surface area contributed by atoms with Crippen LogP contribution in [0.1, 0.15) is 49.5 Å². The summed E-state index contributed by atoms with van der Waals surface area (Å²) < 4.78 is 5.37. The lowest BCUT2D eigenvalue weighted by Crippen LogP contribution is -2.24. The molecule has 106 valence electrons. The predicted octanol–water partition coefficient (Wildman–Crippen LogP) is 3.18. The van der Waals surface area contributed by atoms with Crippen molar-refractivity contribution < 1.29 is 4.52 Å². The van der Waals surface area contributed by atoms with E-state index in [0.717, 1.165) is 31.2 Å². The van der Waals surface area contributed by atoms with Gasteiger partial charge in [-0.05, 0) is 31.4 Å². The average Bonchev–Trinajstić information content (AvgIpc) is 3.17. The fraction of sp³-hybridized carbons (Fsp3) is 0.500. The minimum Gasteiger partial charge on any atom is -0.338 e. The van der Waals surface area contributed by atoms with Crippen LogP contribution >= 0.6 is 0 Å². The number of aryl methyl sites for hydroxylation is 1. The summed E-state index contributed by atoms with van der Waals surface area (Å²) in [6.07, 6.45) is 2.02. The second-order valence-corrected chi connectivity index (χ2v) is 5.47. The van der Waals surface area contributed by atoms with E-state index in [2.05, 4.69) is 52.3 Å². The second kappa shape index (κ2) is 5.75. The van der Waals surface area contributed by atoms with Crippen LogP contribution in [0, 0.1) is 0 Å². The summed E-state index contributed by atoms with van der Waals surface area (Å²) in [6.45, 7) is 6.35. The quantitative estimate of drug-likeness (QED) is 0.856. The van der Waals surface area contributed by atoms with Crippen LogP contribution in [0.5, 0.6) is 0 Å². The number of benzene rings is 1. The molecular weight excluding hydrogens is 250 g/mol. The first-order valence-corrected chi connectivity index (χ1v) is 7.39. The molecule has 1 aromatic carbocycles. The Morgan fingerprint density at radius 1 is 1.35 bits per heavy atom. The minimum absolute atomic E-state index is 0.205. The van der Waals surface area contributed by atoms with Gasteiger partial charge < -0.3 is 4.52 Å². The second-order valence-electron chi connectivity index (χ2n) is 5.47. The average molecular weight is 271 g/mol. The van der Waals surface area contributed by atoms with Gasteiger partial charge in [0.15, 0.2) is 5.82 Å². The van der Waals surface area contributed by atoms with Crippen LogP contribution in [0.25, 0.3) is 0 Å². The van der Waals surface area contributed by atoms with Gasteiger partial charge in [-0.25, -0.2) is 0 Å². The summed E-state index contributed by atoms with van der Waals surface area (Å²) >= 11 is 0. The smallest absolute Gasteiger partial charge is 0.243 e. The van der Waals surface area contributed by atoms with E-state index in [1.165, 1.54) is 12.0 Å². The molecule has 1 fully saturated rings. The van der Waals surface area contributed by atoms with Gasteiger partial charge >= 0.3 is 0 Å². The number of aromatic nitrogens is 2. The van der Waals surface area contributed by atoms with Crippen molar-refractivity contribution in [2.45, 2.75) is 38.6 Å². The van der Waals surface area contributed by atoms with Crippen LogP contribution in [0.3, 0.4) is 0 Å². The van der Waals surface area contributed by atoms with E-state index < -0.39 is 0 Å². The number of hydrogen-bond acceptors (Lipinski definition) is 4. The zero-order valence-electron chi connectivity index (χ0n) is 12.1. The number of nitrogens with zero attached hydrogens (tertiary/aromatic N) is 3. The summed E-state index contributed by atoms with van der Waals surface area (Å²) in [7, 11) is 0. The van der Waals surface area contributed by atoms with E-state index in [0.29, 0.717) is 5.92 Å². The first kappa shape index (κ1) is 13.3. The van der Waals surface area contributed by atoms with E-state index >= 15 is 0 Å². The Labute approximate surface area is 119 Å². The minimum atomic E-state index is 0.205. The third-order valence-electron chi connectivity index (χ3n) is 4.20. The van der Waals surface area contributed by atoms with Crippen LogP contribution in [-0.4, -0.2) is 28.1 Å². The summed E-state index contributed by atoms with van der Waals surface area (Å²) in [5.74, 6) is 2.16. The molecule has 2 heterocycles. The van der Waals surface area contributed by atoms with Gasteiger partial charge in [0.1, 0.15) is 0 Å². The maximum absolute atomic E-state index is 5.37. The molecule has 1 aliphatic heterocycles. The molecule has 0 amide bonds. The van der Waals surface area contributed by atoms with Crippen molar-refractivity contribution in [3.8, 4) is 0 Å². The van der Waals surface area contributed by atoms with Crippen molar-refractivity contribution in [1.29, 1.82) is 0 Å². The van der Waals surface area contributed by atoms with Crippen molar-refractivity contribution >= 4 is 0 Å². The van der Waals surface area contributed by atoms with Gasteiger partial charge in [0.25, 0.3) is 0 Å². The Morgan fingerprint density at radius 3 is 2.85 bits per heavy atom. The summed E-state index contributed by atoms with van der Waals surface area (Å²) in [5.41, 5.74) is 1.43. The van der Waals surface area contributed by atoms with E-state index in [4.69, 9.17) is 4.52 Å². The highest BCUT2D eigenvalue weighted by atomic mass is 16.5. The first-order chi connectivity index (χ1) is 9.78. The van der Waals surface area contributed by atoms with Gasteiger partial charge in [-0.15, -0.1) is 0 Å². The highest BCUT2D eigenvalue weighted by molar-refractivity contribution is 5.21. The van der Waals surface area contributed by atoms with Gasteiger partial charge in [0.2, 0.25) is 5.89 Å².